The molecule has 6 heteroatoms. The van der Waals surface area contributed by atoms with Crippen LogP contribution in [-0.2, 0) is 12.8 Å². The predicted molar refractivity (Wildman–Crippen MR) is 111 cm³/mol. The first-order chi connectivity index (χ1) is 13.5. The van der Waals surface area contributed by atoms with Gasteiger partial charge in [-0.2, -0.15) is 0 Å². The van der Waals surface area contributed by atoms with Gasteiger partial charge in [0.25, 0.3) is 11.8 Å². The summed E-state index contributed by atoms with van der Waals surface area (Å²) in [6.07, 6.45) is 4.28. The number of nitrogens with one attached hydrogen (secondary N) is 2. The van der Waals surface area contributed by atoms with Crippen LogP contribution in [0, 0.1) is 12.8 Å². The van der Waals surface area contributed by atoms with Crippen LogP contribution in [0.3, 0.4) is 0 Å². The van der Waals surface area contributed by atoms with Crippen molar-refractivity contribution in [2.24, 2.45) is 5.92 Å². The zero-order valence-corrected chi connectivity index (χ0v) is 16.7. The molecule has 2 aromatic heterocycles. The molecule has 4 rings (SSSR count). The second-order valence-corrected chi connectivity index (χ2v) is 8.42. The van der Waals surface area contributed by atoms with Crippen LogP contribution in [-0.4, -0.2) is 11.8 Å². The van der Waals surface area contributed by atoms with Gasteiger partial charge in [-0.05, 0) is 67.5 Å². The normalized spacial score (nSPS) is 15.7. The average Bonchev–Trinajstić information content (AvgIpc) is 3.29. The van der Waals surface area contributed by atoms with Gasteiger partial charge >= 0.3 is 0 Å². The lowest BCUT2D eigenvalue weighted by Crippen LogP contribution is -2.19. The number of rotatable bonds is 4. The number of benzene rings is 1. The van der Waals surface area contributed by atoms with E-state index in [4.69, 9.17) is 4.42 Å². The van der Waals surface area contributed by atoms with E-state index in [-0.39, 0.29) is 17.6 Å². The highest BCUT2D eigenvalue weighted by molar-refractivity contribution is 7.17. The highest BCUT2D eigenvalue weighted by Gasteiger charge is 2.29. The highest BCUT2D eigenvalue weighted by Crippen LogP contribution is 2.40. The maximum atomic E-state index is 13.1. The molecule has 1 aromatic carbocycles. The topological polar surface area (TPSA) is 71.3 Å². The number of aryl methyl sites for hydroxylation is 1. The summed E-state index contributed by atoms with van der Waals surface area (Å²) in [4.78, 5) is 26.8. The molecule has 0 unspecified atom stereocenters. The Hall–Kier alpha value is -2.86. The Balaban J connectivity index is 1.67. The number of carbonyl (C=O) groups excluding carboxylic acids is 2. The zero-order chi connectivity index (χ0) is 19.7. The number of carbonyl (C=O) groups is 2. The van der Waals surface area contributed by atoms with Gasteiger partial charge < -0.3 is 15.1 Å². The number of hydrogen-bond acceptors (Lipinski definition) is 4. The fourth-order valence-electron chi connectivity index (χ4n) is 3.57. The van der Waals surface area contributed by atoms with Crippen molar-refractivity contribution in [1.82, 2.24) is 0 Å². The zero-order valence-electron chi connectivity index (χ0n) is 15.9. The standard InChI is InChI=1S/C22H22N2O3S/c1-13-5-3-6-15(11-13)23-21(26)19-16-9-8-14(2)12-18(16)28-22(19)24-20(25)17-7-4-10-27-17/h3-7,10-11,14H,8-9,12H2,1-2H3,(H,23,26)(H,24,25)/t14-/m0/s1. The molecule has 0 aliphatic heterocycles. The minimum Gasteiger partial charge on any atom is -0.459 e. The van der Waals surface area contributed by atoms with Crippen molar-refractivity contribution < 1.29 is 14.0 Å². The largest absolute Gasteiger partial charge is 0.459 e. The molecule has 0 fully saturated rings. The van der Waals surface area contributed by atoms with Crippen molar-refractivity contribution >= 4 is 33.8 Å². The molecule has 0 bridgehead atoms. The lowest BCUT2D eigenvalue weighted by Gasteiger charge is -2.18. The maximum Gasteiger partial charge on any atom is 0.291 e. The fraction of sp³-hybridized carbons (Fsp3) is 0.273. The van der Waals surface area contributed by atoms with Crippen LogP contribution in [0.25, 0.3) is 0 Å². The quantitative estimate of drug-likeness (QED) is 0.632. The molecule has 2 N–H and O–H groups in total. The minimum absolute atomic E-state index is 0.188. The second kappa shape index (κ2) is 7.64. The van der Waals surface area contributed by atoms with Crippen LogP contribution < -0.4 is 10.6 Å². The Kier molecular flexibility index (Phi) is 5.05. The van der Waals surface area contributed by atoms with Gasteiger partial charge in [0.1, 0.15) is 5.00 Å². The van der Waals surface area contributed by atoms with Crippen LogP contribution in [0.2, 0.25) is 0 Å². The Morgan fingerprint density at radius 1 is 1.14 bits per heavy atom. The van der Waals surface area contributed by atoms with E-state index >= 15 is 0 Å². The molecule has 5 nitrogen and oxygen atoms in total. The van der Waals surface area contributed by atoms with Crippen molar-refractivity contribution in [2.45, 2.75) is 33.1 Å². The molecular formula is C22H22N2O3S. The summed E-state index contributed by atoms with van der Waals surface area (Å²) in [7, 11) is 0. The number of thiophene rings is 1. The Morgan fingerprint density at radius 3 is 2.75 bits per heavy atom. The van der Waals surface area contributed by atoms with E-state index < -0.39 is 0 Å². The molecule has 28 heavy (non-hydrogen) atoms. The number of anilines is 2. The van der Waals surface area contributed by atoms with Gasteiger partial charge in [-0.25, -0.2) is 0 Å². The molecule has 144 valence electrons. The minimum atomic E-state index is -0.346. The third kappa shape index (κ3) is 3.73. The first kappa shape index (κ1) is 18.5. The van der Waals surface area contributed by atoms with Crippen molar-refractivity contribution in [1.29, 1.82) is 0 Å². The molecule has 0 radical (unpaired) electrons. The molecule has 2 amide bonds. The van der Waals surface area contributed by atoms with E-state index in [1.165, 1.54) is 22.5 Å². The van der Waals surface area contributed by atoms with Gasteiger partial charge in [0.2, 0.25) is 0 Å². The molecular weight excluding hydrogens is 372 g/mol. The maximum absolute atomic E-state index is 13.1. The first-order valence-electron chi connectivity index (χ1n) is 9.38. The summed E-state index contributed by atoms with van der Waals surface area (Å²) in [5.41, 5.74) is 3.46. The van der Waals surface area contributed by atoms with E-state index in [9.17, 15) is 9.59 Å². The molecule has 1 aliphatic carbocycles. The van der Waals surface area contributed by atoms with Crippen molar-refractivity contribution in [3.05, 3.63) is 70.0 Å². The van der Waals surface area contributed by atoms with E-state index in [1.54, 1.807) is 12.1 Å². The van der Waals surface area contributed by atoms with Gasteiger partial charge in [-0.15, -0.1) is 11.3 Å². The summed E-state index contributed by atoms with van der Waals surface area (Å²) in [5, 5.41) is 6.46. The summed E-state index contributed by atoms with van der Waals surface area (Å²) in [5.74, 6) is 0.269. The van der Waals surface area contributed by atoms with E-state index in [2.05, 4.69) is 17.6 Å². The second-order valence-electron chi connectivity index (χ2n) is 7.31. The number of fused-ring (bicyclic) bond motifs is 1. The van der Waals surface area contributed by atoms with Gasteiger partial charge in [0.05, 0.1) is 11.8 Å². The predicted octanol–water partition coefficient (Wildman–Crippen LogP) is 5.28. The van der Waals surface area contributed by atoms with Crippen LogP contribution in [0.1, 0.15) is 50.3 Å². The fourth-order valence-corrected chi connectivity index (χ4v) is 4.97. The van der Waals surface area contributed by atoms with Crippen LogP contribution in [0.5, 0.6) is 0 Å². The molecule has 2 heterocycles. The lowest BCUT2D eigenvalue weighted by atomic mass is 9.88. The number of hydrogen-bond donors (Lipinski definition) is 2. The van der Waals surface area contributed by atoms with Crippen LogP contribution in [0.4, 0.5) is 10.7 Å². The van der Waals surface area contributed by atoms with E-state index in [0.29, 0.717) is 16.5 Å². The SMILES string of the molecule is Cc1cccc(NC(=O)c2c(NC(=O)c3ccco3)sc3c2CC[C@H](C)C3)c1. The Bertz CT molecular complexity index is 1020. The van der Waals surface area contributed by atoms with Crippen LogP contribution in [0.15, 0.2) is 47.1 Å². The van der Waals surface area contributed by atoms with Crippen molar-refractivity contribution in [3.63, 3.8) is 0 Å². The third-order valence-corrected chi connectivity index (χ3v) is 6.16. The summed E-state index contributed by atoms with van der Waals surface area (Å²) in [6, 6.07) is 11.0. The molecule has 0 saturated carbocycles. The summed E-state index contributed by atoms with van der Waals surface area (Å²) in [6.45, 7) is 4.20. The third-order valence-electron chi connectivity index (χ3n) is 4.99. The monoisotopic (exact) mass is 394 g/mol. The molecule has 0 saturated heterocycles. The van der Waals surface area contributed by atoms with Gasteiger partial charge in [0, 0.05) is 10.6 Å². The highest BCUT2D eigenvalue weighted by atomic mass is 32.1. The summed E-state index contributed by atoms with van der Waals surface area (Å²) >= 11 is 1.50. The van der Waals surface area contributed by atoms with E-state index in [0.717, 1.165) is 36.1 Å². The van der Waals surface area contributed by atoms with Crippen molar-refractivity contribution in [2.75, 3.05) is 10.6 Å². The lowest BCUT2D eigenvalue weighted by molar-refractivity contribution is 0.0997. The van der Waals surface area contributed by atoms with E-state index in [1.807, 2.05) is 31.2 Å². The summed E-state index contributed by atoms with van der Waals surface area (Å²) < 4.78 is 5.19. The molecule has 1 atom stereocenters. The van der Waals surface area contributed by atoms with Gasteiger partial charge in [-0.3, -0.25) is 9.59 Å². The van der Waals surface area contributed by atoms with Gasteiger partial charge in [-0.1, -0.05) is 19.1 Å². The van der Waals surface area contributed by atoms with Gasteiger partial charge in [0.15, 0.2) is 5.76 Å². The molecule has 3 aromatic rings. The first-order valence-corrected chi connectivity index (χ1v) is 10.2. The van der Waals surface area contributed by atoms with Crippen molar-refractivity contribution in [3.8, 4) is 0 Å². The Morgan fingerprint density at radius 2 is 2.00 bits per heavy atom. The number of amides is 2. The number of furan rings is 1. The Labute approximate surface area is 167 Å². The average molecular weight is 394 g/mol. The smallest absolute Gasteiger partial charge is 0.291 e. The molecule has 0 spiro atoms. The molecule has 1 aliphatic rings. The van der Waals surface area contributed by atoms with Crippen LogP contribution >= 0.6 is 11.3 Å².